The molecule has 0 spiro atoms. The summed E-state index contributed by atoms with van der Waals surface area (Å²) in [5.41, 5.74) is 4.54. The Morgan fingerprint density at radius 1 is 1.10 bits per heavy atom. The molecular formula is C23H22N4O3. The zero-order chi connectivity index (χ0) is 21.1. The van der Waals surface area contributed by atoms with Crippen LogP contribution in [0.2, 0.25) is 0 Å². The molecule has 1 N–H and O–H groups in total. The maximum Gasteiger partial charge on any atom is 0.354 e. The van der Waals surface area contributed by atoms with Crippen molar-refractivity contribution in [3.63, 3.8) is 0 Å². The van der Waals surface area contributed by atoms with E-state index in [4.69, 9.17) is 4.74 Å². The number of hydrogen-bond donors (Lipinski definition) is 1. The van der Waals surface area contributed by atoms with Gasteiger partial charge in [-0.15, -0.1) is 0 Å². The normalized spacial score (nSPS) is 11.0. The Balaban J connectivity index is 1.55. The lowest BCUT2D eigenvalue weighted by Gasteiger charge is -2.01. The maximum absolute atomic E-state index is 12.6. The van der Waals surface area contributed by atoms with E-state index in [0.717, 1.165) is 27.7 Å². The number of pyridine rings is 1. The van der Waals surface area contributed by atoms with Crippen LogP contribution < -0.4 is 0 Å². The summed E-state index contributed by atoms with van der Waals surface area (Å²) in [6, 6.07) is 13.2. The average Bonchev–Trinajstić information content (AvgIpc) is 3.36. The monoisotopic (exact) mass is 402 g/mol. The molecule has 7 heteroatoms. The number of nitrogens with one attached hydrogen (secondary N) is 1. The van der Waals surface area contributed by atoms with Gasteiger partial charge in [-0.3, -0.25) is 14.5 Å². The van der Waals surface area contributed by atoms with Gasteiger partial charge in [0.1, 0.15) is 11.4 Å². The van der Waals surface area contributed by atoms with Crippen LogP contribution in [0.5, 0.6) is 0 Å². The van der Waals surface area contributed by atoms with Gasteiger partial charge >= 0.3 is 5.97 Å². The van der Waals surface area contributed by atoms with E-state index in [1.54, 1.807) is 30.1 Å². The number of aryl methyl sites for hydroxylation is 2. The molecule has 0 fully saturated rings. The molecule has 0 unspecified atom stereocenters. The molecule has 0 atom stereocenters. The van der Waals surface area contributed by atoms with Crippen LogP contribution in [0.25, 0.3) is 22.2 Å². The van der Waals surface area contributed by atoms with Gasteiger partial charge < -0.3 is 9.72 Å². The highest BCUT2D eigenvalue weighted by Crippen LogP contribution is 2.26. The second-order valence-corrected chi connectivity index (χ2v) is 7.02. The number of carbonyl (C=O) groups is 2. The fraction of sp³-hybridized carbons (Fsp3) is 0.217. The molecule has 0 radical (unpaired) electrons. The van der Waals surface area contributed by atoms with Gasteiger partial charge in [0.2, 0.25) is 0 Å². The van der Waals surface area contributed by atoms with Crippen LogP contribution in [0, 0.1) is 0 Å². The van der Waals surface area contributed by atoms with Crippen molar-refractivity contribution in [3.8, 4) is 11.3 Å². The fourth-order valence-electron chi connectivity index (χ4n) is 3.42. The summed E-state index contributed by atoms with van der Waals surface area (Å²) in [7, 11) is 1.82. The molecule has 152 valence electrons. The molecule has 3 aromatic heterocycles. The Bertz CT molecular complexity index is 1210. The van der Waals surface area contributed by atoms with E-state index < -0.39 is 0 Å². The molecule has 30 heavy (non-hydrogen) atoms. The van der Waals surface area contributed by atoms with Crippen molar-refractivity contribution in [2.75, 3.05) is 6.61 Å². The molecule has 4 aromatic rings. The molecule has 0 aliphatic carbocycles. The smallest absolute Gasteiger partial charge is 0.354 e. The third-order valence-electron chi connectivity index (χ3n) is 4.97. The zero-order valence-electron chi connectivity index (χ0n) is 16.9. The van der Waals surface area contributed by atoms with Crippen molar-refractivity contribution < 1.29 is 14.3 Å². The molecule has 0 saturated carbocycles. The Labute approximate surface area is 173 Å². The van der Waals surface area contributed by atoms with E-state index in [-0.39, 0.29) is 11.8 Å². The van der Waals surface area contributed by atoms with Crippen molar-refractivity contribution >= 4 is 22.7 Å². The van der Waals surface area contributed by atoms with Gasteiger partial charge in [-0.1, -0.05) is 6.07 Å². The highest BCUT2D eigenvalue weighted by molar-refractivity contribution is 5.97. The molecule has 7 nitrogen and oxygen atoms in total. The van der Waals surface area contributed by atoms with E-state index in [2.05, 4.69) is 15.1 Å². The predicted octanol–water partition coefficient (Wildman–Crippen LogP) is 3.96. The van der Waals surface area contributed by atoms with E-state index >= 15 is 0 Å². The third-order valence-corrected chi connectivity index (χ3v) is 4.97. The third kappa shape index (κ3) is 4.00. The number of ketones is 1. The highest BCUT2D eigenvalue weighted by Gasteiger charge is 2.16. The highest BCUT2D eigenvalue weighted by atomic mass is 16.5. The fourth-order valence-corrected chi connectivity index (χ4v) is 3.42. The van der Waals surface area contributed by atoms with Crippen LogP contribution in [0.4, 0.5) is 0 Å². The largest absolute Gasteiger partial charge is 0.461 e. The van der Waals surface area contributed by atoms with Crippen molar-refractivity contribution in [2.24, 2.45) is 7.05 Å². The van der Waals surface area contributed by atoms with E-state index in [0.29, 0.717) is 30.8 Å². The first-order valence-corrected chi connectivity index (χ1v) is 9.81. The maximum atomic E-state index is 12.6. The number of H-pyrrole nitrogens is 1. The van der Waals surface area contributed by atoms with Gasteiger partial charge in [0.15, 0.2) is 5.78 Å². The molecule has 1 aromatic carbocycles. The molecule has 0 bridgehead atoms. The second kappa shape index (κ2) is 8.32. The molecule has 0 amide bonds. The number of rotatable bonds is 7. The number of ether oxygens (including phenoxy) is 1. The van der Waals surface area contributed by atoms with Crippen LogP contribution in [-0.2, 0) is 18.2 Å². The Kier molecular flexibility index (Phi) is 5.43. The van der Waals surface area contributed by atoms with Crippen molar-refractivity contribution in [1.29, 1.82) is 0 Å². The number of nitrogens with zero attached hydrogens (tertiary/aromatic N) is 3. The predicted molar refractivity (Wildman–Crippen MR) is 113 cm³/mol. The van der Waals surface area contributed by atoms with Gasteiger partial charge in [-0.05, 0) is 55.3 Å². The van der Waals surface area contributed by atoms with Crippen LogP contribution in [0.3, 0.4) is 0 Å². The molecule has 0 aliphatic rings. The number of esters is 1. The lowest BCUT2D eigenvalue weighted by Crippen LogP contribution is -2.04. The molecule has 0 saturated heterocycles. The Hall–Kier alpha value is -3.74. The van der Waals surface area contributed by atoms with Crippen molar-refractivity contribution in [3.05, 3.63) is 71.8 Å². The molecular weight excluding hydrogens is 380 g/mol. The van der Waals surface area contributed by atoms with Crippen LogP contribution in [0.1, 0.15) is 39.9 Å². The van der Waals surface area contributed by atoms with Crippen molar-refractivity contribution in [1.82, 2.24) is 19.7 Å². The lowest BCUT2D eigenvalue weighted by molar-refractivity contribution is 0.0520. The molecule has 3 heterocycles. The first-order valence-electron chi connectivity index (χ1n) is 9.81. The topological polar surface area (TPSA) is 89.9 Å². The summed E-state index contributed by atoms with van der Waals surface area (Å²) in [5.74, 6) is -0.376. The zero-order valence-corrected chi connectivity index (χ0v) is 16.9. The minimum Gasteiger partial charge on any atom is -0.461 e. The van der Waals surface area contributed by atoms with Gasteiger partial charge in [-0.2, -0.15) is 5.10 Å². The van der Waals surface area contributed by atoms with Crippen LogP contribution in [-0.4, -0.2) is 38.1 Å². The van der Waals surface area contributed by atoms with E-state index in [1.165, 1.54) is 0 Å². The summed E-state index contributed by atoms with van der Waals surface area (Å²) < 4.78 is 6.76. The average molecular weight is 402 g/mol. The van der Waals surface area contributed by atoms with E-state index in [9.17, 15) is 9.59 Å². The first-order chi connectivity index (χ1) is 14.5. The van der Waals surface area contributed by atoms with Gasteiger partial charge in [-0.25, -0.2) is 4.79 Å². The van der Waals surface area contributed by atoms with E-state index in [1.807, 2.05) is 43.4 Å². The number of hydrogen-bond acceptors (Lipinski definition) is 5. The van der Waals surface area contributed by atoms with Crippen LogP contribution in [0.15, 0.2) is 54.9 Å². The summed E-state index contributed by atoms with van der Waals surface area (Å²) in [5, 5.41) is 5.30. The summed E-state index contributed by atoms with van der Waals surface area (Å²) in [4.78, 5) is 31.6. The van der Waals surface area contributed by atoms with Gasteiger partial charge in [0, 0.05) is 42.3 Å². The lowest BCUT2D eigenvalue weighted by atomic mass is 10.1. The second-order valence-electron chi connectivity index (χ2n) is 7.02. The molecule has 4 rings (SSSR count). The SMILES string of the molecule is CCOC(=O)c1cc2cc(-c3cc(C(=O)CCc4ccncc4)nn3C)ccc2[nH]1. The standard InChI is InChI=1S/C23H22N4O3/c1-3-30-23(29)20-13-17-12-16(5-6-18(17)25-20)21-14-19(26-27(21)2)22(28)7-4-15-8-10-24-11-9-15/h5-6,8-14,25H,3-4,7H2,1-2H3. The van der Waals surface area contributed by atoms with Gasteiger partial charge in [0.25, 0.3) is 0 Å². The first kappa shape index (κ1) is 19.6. The van der Waals surface area contributed by atoms with Crippen LogP contribution >= 0.6 is 0 Å². The number of Topliss-reactive ketones (excluding diaryl/α,β-unsaturated/α-hetero) is 1. The molecule has 0 aliphatic heterocycles. The number of fused-ring (bicyclic) bond motifs is 1. The summed E-state index contributed by atoms with van der Waals surface area (Å²) >= 11 is 0. The number of carbonyl (C=O) groups excluding carboxylic acids is 2. The minimum absolute atomic E-state index is 0.000909. The Morgan fingerprint density at radius 2 is 1.90 bits per heavy atom. The minimum atomic E-state index is -0.377. The number of aromatic nitrogens is 4. The van der Waals surface area contributed by atoms with Gasteiger partial charge in [0.05, 0.1) is 12.3 Å². The number of benzene rings is 1. The Morgan fingerprint density at radius 3 is 2.67 bits per heavy atom. The van der Waals surface area contributed by atoms with Crippen molar-refractivity contribution in [2.45, 2.75) is 19.8 Å². The number of aromatic amines is 1. The summed E-state index contributed by atoms with van der Waals surface area (Å²) in [6.07, 6.45) is 4.49. The quantitative estimate of drug-likeness (QED) is 0.373. The summed E-state index contributed by atoms with van der Waals surface area (Å²) in [6.45, 7) is 2.10.